The van der Waals surface area contributed by atoms with E-state index in [0.717, 1.165) is 6.07 Å². The third-order valence-electron chi connectivity index (χ3n) is 2.44. The third-order valence-corrected chi connectivity index (χ3v) is 4.70. The van der Waals surface area contributed by atoms with Gasteiger partial charge in [-0.2, -0.15) is 0 Å². The minimum atomic E-state index is -3.25. The monoisotopic (exact) mass is 214 g/mol. The summed E-state index contributed by atoms with van der Waals surface area (Å²) in [5.41, 5.74) is 0.472. The van der Waals surface area contributed by atoms with Gasteiger partial charge in [0.2, 0.25) is 0 Å². The molecule has 2 rings (SSSR count). The molecule has 0 saturated heterocycles. The molecule has 0 amide bonds. The van der Waals surface area contributed by atoms with Gasteiger partial charge in [0, 0.05) is 0 Å². The van der Waals surface area contributed by atoms with E-state index in [-0.39, 0.29) is 10.1 Å². The Bertz CT molecular complexity index is 461. The van der Waals surface area contributed by atoms with Crippen LogP contribution in [0.3, 0.4) is 0 Å². The first-order chi connectivity index (χ1) is 6.51. The number of hydrogen-bond donors (Lipinski definition) is 0. The summed E-state index contributed by atoms with van der Waals surface area (Å²) < 4.78 is 36.5. The Labute approximate surface area is 82.7 Å². The highest BCUT2D eigenvalue weighted by Gasteiger charge is 2.36. The first kappa shape index (κ1) is 9.65. The maximum Gasteiger partial charge on any atom is 0.181 e. The highest BCUT2D eigenvalue weighted by atomic mass is 32.2. The van der Waals surface area contributed by atoms with Crippen LogP contribution in [0.5, 0.6) is 0 Å². The van der Waals surface area contributed by atoms with E-state index in [4.69, 9.17) is 0 Å². The Morgan fingerprint density at radius 2 is 2.00 bits per heavy atom. The molecule has 2 nitrogen and oxygen atoms in total. The van der Waals surface area contributed by atoms with Crippen molar-refractivity contribution in [3.63, 3.8) is 0 Å². The lowest BCUT2D eigenvalue weighted by Gasteiger charge is -2.03. The number of halogens is 1. The summed E-state index contributed by atoms with van der Waals surface area (Å²) in [5.74, 6) is -0.452. The average molecular weight is 214 g/mol. The zero-order valence-electron chi connectivity index (χ0n) is 7.83. The van der Waals surface area contributed by atoms with Crippen molar-refractivity contribution in [2.75, 3.05) is 0 Å². The fourth-order valence-electron chi connectivity index (χ4n) is 1.32. The SMILES string of the molecule is Cc1ccc(S(=O)(=O)C2CC2)cc1F. The topological polar surface area (TPSA) is 34.1 Å². The first-order valence-corrected chi connectivity index (χ1v) is 6.06. The van der Waals surface area contributed by atoms with E-state index in [1.807, 2.05) is 0 Å². The summed E-state index contributed by atoms with van der Waals surface area (Å²) in [6.07, 6.45) is 1.41. The predicted octanol–water partition coefficient (Wildman–Crippen LogP) is 2.07. The van der Waals surface area contributed by atoms with Gasteiger partial charge in [0.05, 0.1) is 10.1 Å². The highest BCUT2D eigenvalue weighted by molar-refractivity contribution is 7.92. The van der Waals surface area contributed by atoms with Crippen LogP contribution in [0.25, 0.3) is 0 Å². The summed E-state index contributed by atoms with van der Waals surface area (Å²) in [6, 6.07) is 4.10. The molecule has 4 heteroatoms. The van der Waals surface area contributed by atoms with Crippen molar-refractivity contribution >= 4 is 9.84 Å². The molecule has 0 radical (unpaired) electrons. The van der Waals surface area contributed by atoms with E-state index in [1.165, 1.54) is 12.1 Å². The maximum absolute atomic E-state index is 13.1. The lowest BCUT2D eigenvalue weighted by atomic mass is 10.2. The van der Waals surface area contributed by atoms with Gasteiger partial charge in [0.25, 0.3) is 0 Å². The van der Waals surface area contributed by atoms with Crippen molar-refractivity contribution < 1.29 is 12.8 Å². The molecule has 0 atom stereocenters. The number of hydrogen-bond acceptors (Lipinski definition) is 2. The minimum absolute atomic E-state index is 0.114. The Morgan fingerprint density at radius 1 is 1.36 bits per heavy atom. The first-order valence-electron chi connectivity index (χ1n) is 4.52. The van der Waals surface area contributed by atoms with Crippen LogP contribution in [0.15, 0.2) is 23.1 Å². The van der Waals surface area contributed by atoms with Gasteiger partial charge in [-0.1, -0.05) is 6.07 Å². The van der Waals surface area contributed by atoms with E-state index in [2.05, 4.69) is 0 Å². The molecular formula is C10H11FO2S. The molecule has 1 aliphatic carbocycles. The van der Waals surface area contributed by atoms with Gasteiger partial charge in [-0.3, -0.25) is 0 Å². The van der Waals surface area contributed by atoms with Crippen LogP contribution in [-0.4, -0.2) is 13.7 Å². The molecule has 0 N–H and O–H groups in total. The van der Waals surface area contributed by atoms with Crippen LogP contribution in [0.1, 0.15) is 18.4 Å². The van der Waals surface area contributed by atoms with E-state index in [0.29, 0.717) is 18.4 Å². The van der Waals surface area contributed by atoms with Crippen molar-refractivity contribution in [2.24, 2.45) is 0 Å². The van der Waals surface area contributed by atoms with Gasteiger partial charge in [-0.15, -0.1) is 0 Å². The van der Waals surface area contributed by atoms with Crippen LogP contribution < -0.4 is 0 Å². The fraction of sp³-hybridized carbons (Fsp3) is 0.400. The molecular weight excluding hydrogens is 203 g/mol. The van der Waals surface area contributed by atoms with Crippen LogP contribution in [-0.2, 0) is 9.84 Å². The molecule has 0 heterocycles. The van der Waals surface area contributed by atoms with Gasteiger partial charge in [0.15, 0.2) is 9.84 Å². The van der Waals surface area contributed by atoms with Crippen molar-refractivity contribution in [1.29, 1.82) is 0 Å². The molecule has 76 valence electrons. The van der Waals surface area contributed by atoms with Gasteiger partial charge < -0.3 is 0 Å². The van der Waals surface area contributed by atoms with Gasteiger partial charge in [-0.05, 0) is 37.5 Å². The molecule has 1 aliphatic rings. The molecule has 0 spiro atoms. The van der Waals surface area contributed by atoms with Crippen LogP contribution in [0.4, 0.5) is 4.39 Å². The van der Waals surface area contributed by atoms with Crippen molar-refractivity contribution in [3.8, 4) is 0 Å². The Kier molecular flexibility index (Phi) is 2.10. The maximum atomic E-state index is 13.1. The third kappa shape index (κ3) is 1.54. The molecule has 0 aromatic heterocycles. The van der Waals surface area contributed by atoms with Gasteiger partial charge in [-0.25, -0.2) is 12.8 Å². The fourth-order valence-corrected chi connectivity index (χ4v) is 2.99. The number of benzene rings is 1. The zero-order chi connectivity index (χ0) is 10.3. The van der Waals surface area contributed by atoms with Crippen molar-refractivity contribution in [2.45, 2.75) is 29.9 Å². The lowest BCUT2D eigenvalue weighted by molar-refractivity contribution is 0.588. The van der Waals surface area contributed by atoms with Crippen molar-refractivity contribution in [1.82, 2.24) is 0 Å². The quantitative estimate of drug-likeness (QED) is 0.755. The van der Waals surface area contributed by atoms with E-state index < -0.39 is 15.7 Å². The van der Waals surface area contributed by atoms with Crippen LogP contribution in [0, 0.1) is 12.7 Å². The molecule has 1 aromatic rings. The van der Waals surface area contributed by atoms with Crippen molar-refractivity contribution in [3.05, 3.63) is 29.6 Å². The second kappa shape index (κ2) is 3.05. The Balaban J connectivity index is 2.46. The lowest BCUT2D eigenvalue weighted by Crippen LogP contribution is -2.07. The largest absolute Gasteiger partial charge is 0.223 e. The summed E-state index contributed by atoms with van der Waals surface area (Å²) in [4.78, 5) is 0.114. The van der Waals surface area contributed by atoms with Gasteiger partial charge in [0.1, 0.15) is 5.82 Å². The van der Waals surface area contributed by atoms with Crippen LogP contribution >= 0.6 is 0 Å². The molecule has 1 fully saturated rings. The Hall–Kier alpha value is -0.900. The summed E-state index contributed by atoms with van der Waals surface area (Å²) in [6.45, 7) is 1.61. The highest BCUT2D eigenvalue weighted by Crippen LogP contribution is 2.33. The van der Waals surface area contributed by atoms with E-state index >= 15 is 0 Å². The zero-order valence-corrected chi connectivity index (χ0v) is 8.64. The smallest absolute Gasteiger partial charge is 0.181 e. The number of aryl methyl sites for hydroxylation is 1. The minimum Gasteiger partial charge on any atom is -0.223 e. The molecule has 0 aliphatic heterocycles. The molecule has 1 saturated carbocycles. The second-order valence-corrected chi connectivity index (χ2v) is 5.88. The standard InChI is InChI=1S/C10H11FO2S/c1-7-2-3-9(6-10(7)11)14(12,13)8-4-5-8/h2-3,6,8H,4-5H2,1H3. The average Bonchev–Trinajstić information content (AvgIpc) is 2.92. The summed E-state index contributed by atoms with van der Waals surface area (Å²) in [5, 5.41) is -0.274. The summed E-state index contributed by atoms with van der Waals surface area (Å²) >= 11 is 0. The van der Waals surface area contributed by atoms with E-state index in [1.54, 1.807) is 6.92 Å². The predicted molar refractivity (Wildman–Crippen MR) is 51.3 cm³/mol. The molecule has 1 aromatic carbocycles. The molecule has 14 heavy (non-hydrogen) atoms. The second-order valence-electron chi connectivity index (χ2n) is 3.66. The Morgan fingerprint density at radius 3 is 2.50 bits per heavy atom. The number of rotatable bonds is 2. The summed E-state index contributed by atoms with van der Waals surface area (Å²) in [7, 11) is -3.25. The normalized spacial score (nSPS) is 17.0. The van der Waals surface area contributed by atoms with Gasteiger partial charge >= 0.3 is 0 Å². The number of sulfone groups is 1. The van der Waals surface area contributed by atoms with Crippen LogP contribution in [0.2, 0.25) is 0 Å². The van der Waals surface area contributed by atoms with E-state index in [9.17, 15) is 12.8 Å². The molecule has 0 unspecified atom stereocenters. The molecule has 0 bridgehead atoms.